The van der Waals surface area contributed by atoms with Gasteiger partial charge in [0.1, 0.15) is 0 Å². The Morgan fingerprint density at radius 3 is 2.83 bits per heavy atom. The molecule has 1 aromatic rings. The fraction of sp³-hybridized carbons (Fsp3) is 0.667. The Morgan fingerprint density at radius 2 is 2.42 bits per heavy atom. The Kier molecular flexibility index (Phi) is 1.99. The molecule has 3 heteroatoms. The summed E-state index contributed by atoms with van der Waals surface area (Å²) in [7, 11) is 0. The molecule has 0 atom stereocenters. The normalized spacial score (nSPS) is 19.5. The van der Waals surface area contributed by atoms with E-state index in [-0.39, 0.29) is 0 Å². The summed E-state index contributed by atoms with van der Waals surface area (Å²) >= 11 is 3.56. The molecule has 1 heterocycles. The third-order valence-corrected chi connectivity index (χ3v) is 3.69. The minimum atomic E-state index is 0.526. The van der Waals surface area contributed by atoms with Gasteiger partial charge in [0.15, 0.2) is 0 Å². The van der Waals surface area contributed by atoms with Gasteiger partial charge in [-0.3, -0.25) is 4.68 Å². The number of rotatable bonds is 3. The molecular weight excluding hydrogens is 216 g/mol. The van der Waals surface area contributed by atoms with Crippen LogP contribution in [0.4, 0.5) is 0 Å². The van der Waals surface area contributed by atoms with Gasteiger partial charge in [0.2, 0.25) is 0 Å². The third kappa shape index (κ3) is 1.56. The second kappa shape index (κ2) is 2.87. The van der Waals surface area contributed by atoms with Crippen molar-refractivity contribution in [3.05, 3.63) is 18.0 Å². The Balaban J connectivity index is 2.04. The first-order valence-corrected chi connectivity index (χ1v) is 5.41. The van der Waals surface area contributed by atoms with Gasteiger partial charge >= 0.3 is 0 Å². The third-order valence-electron chi connectivity index (χ3n) is 2.50. The average Bonchev–Trinajstić information content (AvgIpc) is 2.71. The molecule has 0 saturated heterocycles. The molecule has 0 N–H and O–H groups in total. The van der Waals surface area contributed by atoms with Crippen molar-refractivity contribution in [1.29, 1.82) is 0 Å². The maximum absolute atomic E-state index is 4.28. The van der Waals surface area contributed by atoms with Crippen LogP contribution in [0.2, 0.25) is 0 Å². The second-order valence-electron chi connectivity index (χ2n) is 3.85. The number of hydrogen-bond donors (Lipinski definition) is 0. The SMILES string of the molecule is Cc1cnn(CC2(CBr)CC2)c1. The minimum Gasteiger partial charge on any atom is -0.272 e. The number of alkyl halides is 1. The van der Waals surface area contributed by atoms with Gasteiger partial charge in [-0.1, -0.05) is 15.9 Å². The summed E-state index contributed by atoms with van der Waals surface area (Å²) in [5, 5.41) is 5.39. The van der Waals surface area contributed by atoms with Gasteiger partial charge in [0, 0.05) is 18.1 Å². The first kappa shape index (κ1) is 8.30. The van der Waals surface area contributed by atoms with E-state index in [2.05, 4.69) is 38.8 Å². The summed E-state index contributed by atoms with van der Waals surface area (Å²) < 4.78 is 2.06. The Hall–Kier alpha value is -0.310. The summed E-state index contributed by atoms with van der Waals surface area (Å²) in [5.41, 5.74) is 1.78. The van der Waals surface area contributed by atoms with Crippen LogP contribution < -0.4 is 0 Å². The zero-order valence-corrected chi connectivity index (χ0v) is 8.84. The van der Waals surface area contributed by atoms with Crippen molar-refractivity contribution in [3.8, 4) is 0 Å². The van der Waals surface area contributed by atoms with Crippen LogP contribution in [0.3, 0.4) is 0 Å². The van der Waals surface area contributed by atoms with Crippen molar-refractivity contribution < 1.29 is 0 Å². The molecule has 66 valence electrons. The average molecular weight is 229 g/mol. The predicted molar refractivity (Wildman–Crippen MR) is 52.4 cm³/mol. The first-order valence-electron chi connectivity index (χ1n) is 4.29. The lowest BCUT2D eigenvalue weighted by Gasteiger charge is -2.10. The van der Waals surface area contributed by atoms with Crippen molar-refractivity contribution >= 4 is 15.9 Å². The molecular formula is C9H13BrN2. The Morgan fingerprint density at radius 1 is 1.67 bits per heavy atom. The van der Waals surface area contributed by atoms with E-state index >= 15 is 0 Å². The Bertz CT molecular complexity index is 276. The maximum atomic E-state index is 4.28. The largest absolute Gasteiger partial charge is 0.272 e. The van der Waals surface area contributed by atoms with Crippen molar-refractivity contribution in [2.24, 2.45) is 5.41 Å². The van der Waals surface area contributed by atoms with E-state index in [0.29, 0.717) is 5.41 Å². The maximum Gasteiger partial charge on any atom is 0.0518 e. The van der Waals surface area contributed by atoms with Gasteiger partial charge in [-0.25, -0.2) is 0 Å². The number of nitrogens with zero attached hydrogens (tertiary/aromatic N) is 2. The van der Waals surface area contributed by atoms with Crippen LogP contribution >= 0.6 is 15.9 Å². The highest BCUT2D eigenvalue weighted by Crippen LogP contribution is 2.48. The van der Waals surface area contributed by atoms with Crippen LogP contribution in [0.1, 0.15) is 18.4 Å². The lowest BCUT2D eigenvalue weighted by atomic mass is 10.1. The van der Waals surface area contributed by atoms with Crippen LogP contribution in [-0.2, 0) is 6.54 Å². The molecule has 2 rings (SSSR count). The summed E-state index contributed by atoms with van der Waals surface area (Å²) in [6.45, 7) is 3.16. The van der Waals surface area contributed by atoms with Crippen LogP contribution in [0.5, 0.6) is 0 Å². The van der Waals surface area contributed by atoms with E-state index in [4.69, 9.17) is 0 Å². The van der Waals surface area contributed by atoms with E-state index in [9.17, 15) is 0 Å². The summed E-state index contributed by atoms with van der Waals surface area (Å²) in [4.78, 5) is 0. The monoisotopic (exact) mass is 228 g/mol. The number of aryl methyl sites for hydroxylation is 1. The summed E-state index contributed by atoms with van der Waals surface area (Å²) in [6.07, 6.45) is 6.72. The van der Waals surface area contributed by atoms with Crippen molar-refractivity contribution in [3.63, 3.8) is 0 Å². The number of hydrogen-bond acceptors (Lipinski definition) is 1. The molecule has 2 nitrogen and oxygen atoms in total. The highest BCUT2D eigenvalue weighted by atomic mass is 79.9. The predicted octanol–water partition coefficient (Wildman–Crippen LogP) is 2.37. The smallest absolute Gasteiger partial charge is 0.0518 e. The molecule has 0 aromatic carbocycles. The highest BCUT2D eigenvalue weighted by Gasteiger charge is 2.41. The quantitative estimate of drug-likeness (QED) is 0.727. The van der Waals surface area contributed by atoms with Gasteiger partial charge < -0.3 is 0 Å². The molecule has 1 aliphatic carbocycles. The molecule has 0 unspecified atom stereocenters. The Labute approximate surface area is 81.1 Å². The minimum absolute atomic E-state index is 0.526. The summed E-state index contributed by atoms with van der Waals surface area (Å²) in [5.74, 6) is 0. The molecule has 12 heavy (non-hydrogen) atoms. The zero-order chi connectivity index (χ0) is 8.60. The van der Waals surface area contributed by atoms with E-state index in [1.165, 1.54) is 18.4 Å². The fourth-order valence-corrected chi connectivity index (χ4v) is 2.15. The lowest BCUT2D eigenvalue weighted by molar-refractivity contribution is 0.442. The molecule has 1 fully saturated rings. The first-order chi connectivity index (χ1) is 5.74. The molecule has 1 saturated carbocycles. The molecule has 0 amide bonds. The van der Waals surface area contributed by atoms with E-state index in [0.717, 1.165) is 11.9 Å². The van der Waals surface area contributed by atoms with E-state index < -0.39 is 0 Å². The lowest BCUT2D eigenvalue weighted by Crippen LogP contribution is -2.13. The number of aromatic nitrogens is 2. The highest BCUT2D eigenvalue weighted by molar-refractivity contribution is 9.09. The molecule has 0 aliphatic heterocycles. The van der Waals surface area contributed by atoms with Crippen LogP contribution in [0.15, 0.2) is 12.4 Å². The van der Waals surface area contributed by atoms with Crippen molar-refractivity contribution in [2.45, 2.75) is 26.3 Å². The standard InChI is InChI=1S/C9H13BrN2/c1-8-4-11-12(5-8)7-9(6-10)2-3-9/h4-5H,2-3,6-7H2,1H3. The fourth-order valence-electron chi connectivity index (χ4n) is 1.41. The molecule has 0 radical (unpaired) electrons. The topological polar surface area (TPSA) is 17.8 Å². The van der Waals surface area contributed by atoms with Crippen LogP contribution in [0.25, 0.3) is 0 Å². The molecule has 0 spiro atoms. The van der Waals surface area contributed by atoms with Gasteiger partial charge in [0.25, 0.3) is 0 Å². The van der Waals surface area contributed by atoms with Crippen molar-refractivity contribution in [1.82, 2.24) is 9.78 Å². The van der Waals surface area contributed by atoms with Gasteiger partial charge in [-0.05, 0) is 30.7 Å². The second-order valence-corrected chi connectivity index (χ2v) is 4.41. The van der Waals surface area contributed by atoms with Gasteiger partial charge in [-0.2, -0.15) is 5.10 Å². The van der Waals surface area contributed by atoms with Crippen molar-refractivity contribution in [2.75, 3.05) is 5.33 Å². The van der Waals surface area contributed by atoms with E-state index in [1.54, 1.807) is 0 Å². The van der Waals surface area contributed by atoms with Crippen LogP contribution in [0, 0.1) is 12.3 Å². The molecule has 1 aliphatic rings. The van der Waals surface area contributed by atoms with Gasteiger partial charge in [0.05, 0.1) is 6.20 Å². The van der Waals surface area contributed by atoms with E-state index in [1.807, 2.05) is 6.20 Å². The summed E-state index contributed by atoms with van der Waals surface area (Å²) in [6, 6.07) is 0. The molecule has 0 bridgehead atoms. The number of halogens is 1. The molecule has 1 aromatic heterocycles. The van der Waals surface area contributed by atoms with Gasteiger partial charge in [-0.15, -0.1) is 0 Å². The van der Waals surface area contributed by atoms with Crippen LogP contribution in [-0.4, -0.2) is 15.1 Å². The zero-order valence-electron chi connectivity index (χ0n) is 7.26.